The Balaban J connectivity index is 1.83. The van der Waals surface area contributed by atoms with Gasteiger partial charge in [-0.25, -0.2) is 0 Å². The van der Waals surface area contributed by atoms with Crippen molar-refractivity contribution < 1.29 is 9.53 Å². The summed E-state index contributed by atoms with van der Waals surface area (Å²) in [6, 6.07) is 16.7. The van der Waals surface area contributed by atoms with E-state index in [4.69, 9.17) is 20.9 Å². The molecule has 1 saturated heterocycles. The molecule has 0 radical (unpaired) electrons. The summed E-state index contributed by atoms with van der Waals surface area (Å²) in [7, 11) is 0. The van der Waals surface area contributed by atoms with Crippen LogP contribution in [-0.4, -0.2) is 42.0 Å². The number of nitrogens with one attached hydrogen (secondary N) is 2. The number of carbonyl (C=O) groups is 1. The second kappa shape index (κ2) is 10.9. The van der Waals surface area contributed by atoms with Crippen molar-refractivity contribution in [2.45, 2.75) is 25.8 Å². The van der Waals surface area contributed by atoms with Crippen molar-refractivity contribution in [3.8, 4) is 11.5 Å². The van der Waals surface area contributed by atoms with Gasteiger partial charge in [-0.05, 0) is 62.4 Å². The minimum Gasteiger partial charge on any atom is -0.457 e. The lowest BCUT2D eigenvalue weighted by molar-refractivity contribution is -0.119. The average Bonchev–Trinajstić information content (AvgIpc) is 2.80. The molecule has 0 bridgehead atoms. The Bertz CT molecular complexity index is 1010. The maximum absolute atomic E-state index is 11.2. The Morgan fingerprint density at radius 2 is 1.91 bits per heavy atom. The molecule has 0 spiro atoms. The first-order chi connectivity index (χ1) is 15.5. The molecule has 0 saturated carbocycles. The van der Waals surface area contributed by atoms with Crippen LogP contribution < -0.4 is 15.8 Å². The van der Waals surface area contributed by atoms with Crippen molar-refractivity contribution in [2.75, 3.05) is 13.1 Å². The van der Waals surface area contributed by atoms with Crippen LogP contribution in [-0.2, 0) is 4.79 Å². The molecule has 1 fully saturated rings. The molecule has 2 aromatic carbocycles. The smallest absolute Gasteiger partial charge is 0.209 e. The highest BCUT2D eigenvalue weighted by Gasteiger charge is 2.22. The van der Waals surface area contributed by atoms with E-state index in [1.807, 2.05) is 54.6 Å². The lowest BCUT2D eigenvalue weighted by Crippen LogP contribution is -2.38. The van der Waals surface area contributed by atoms with Gasteiger partial charge in [-0.2, -0.15) is 0 Å². The van der Waals surface area contributed by atoms with E-state index in [0.29, 0.717) is 35.0 Å². The zero-order valence-corrected chi connectivity index (χ0v) is 18.3. The van der Waals surface area contributed by atoms with Crippen LogP contribution >= 0.6 is 0 Å². The Morgan fingerprint density at radius 1 is 1.22 bits per heavy atom. The van der Waals surface area contributed by atoms with Crippen LogP contribution in [0.5, 0.6) is 11.5 Å². The summed E-state index contributed by atoms with van der Waals surface area (Å²) in [5, 5.41) is 11.9. The van der Waals surface area contributed by atoms with Gasteiger partial charge in [0.2, 0.25) is 6.41 Å². The summed E-state index contributed by atoms with van der Waals surface area (Å²) < 4.78 is 5.84. The van der Waals surface area contributed by atoms with Crippen molar-refractivity contribution >= 4 is 18.0 Å². The van der Waals surface area contributed by atoms with Crippen LogP contribution in [0.4, 0.5) is 0 Å². The van der Waals surface area contributed by atoms with Crippen LogP contribution in [0.15, 0.2) is 83.6 Å². The largest absolute Gasteiger partial charge is 0.457 e. The van der Waals surface area contributed by atoms with E-state index >= 15 is 0 Å². The van der Waals surface area contributed by atoms with Gasteiger partial charge in [-0.15, -0.1) is 0 Å². The van der Waals surface area contributed by atoms with Gasteiger partial charge < -0.3 is 20.7 Å². The number of aliphatic imine (C=N–C) groups is 1. The normalized spacial score (nSPS) is 17.2. The molecule has 7 nitrogen and oxygen atoms in total. The third-order valence-corrected chi connectivity index (χ3v) is 5.13. The number of carbonyl (C=O) groups excluding carboxylic acids is 1. The molecule has 1 amide bonds. The number of hydrogen-bond donors (Lipinski definition) is 3. The van der Waals surface area contributed by atoms with Crippen molar-refractivity contribution in [2.24, 2.45) is 10.7 Å². The predicted molar refractivity (Wildman–Crippen MR) is 128 cm³/mol. The number of para-hydroxylation sites is 1. The summed E-state index contributed by atoms with van der Waals surface area (Å²) in [6.45, 7) is 6.77. The maximum Gasteiger partial charge on any atom is 0.209 e. The number of piperidine rings is 1. The van der Waals surface area contributed by atoms with Crippen LogP contribution in [0.25, 0.3) is 0 Å². The quantitative estimate of drug-likeness (QED) is 0.336. The molecule has 0 aromatic heterocycles. The highest BCUT2D eigenvalue weighted by molar-refractivity contribution is 6.29. The number of benzene rings is 2. The van der Waals surface area contributed by atoms with Crippen molar-refractivity contribution in [1.29, 1.82) is 5.41 Å². The molecule has 0 aliphatic carbocycles. The molecule has 1 aliphatic rings. The fourth-order valence-corrected chi connectivity index (χ4v) is 3.60. The second-order valence-corrected chi connectivity index (χ2v) is 7.60. The molecule has 3 rings (SSSR count). The number of allylic oxidation sites excluding steroid dienone is 1. The monoisotopic (exact) mass is 431 g/mol. The zero-order valence-electron chi connectivity index (χ0n) is 18.3. The van der Waals surface area contributed by atoms with Crippen molar-refractivity contribution in [3.05, 3.63) is 84.2 Å². The number of hydrogen-bond acceptors (Lipinski definition) is 5. The Morgan fingerprint density at radius 3 is 2.53 bits per heavy atom. The predicted octanol–water partition coefficient (Wildman–Crippen LogP) is 3.83. The topological polar surface area (TPSA) is 104 Å². The standard InChI is InChI=1S/C25H29N5O2/c1-3-28-25(29-20-8-7-15-30(16-20)17-31)23(18(2)26)24(27)19-11-13-22(14-12-19)32-21-9-5-4-6-10-21/h3-6,9-14,17,20,27H,1,7-8,15-16,26H2,2H3,(H,28,29)/b23-18+,27-24?. The molecular weight excluding hydrogens is 402 g/mol. The molecular formula is C25H29N5O2. The van der Waals surface area contributed by atoms with Crippen LogP contribution in [0.2, 0.25) is 0 Å². The van der Waals surface area contributed by atoms with Gasteiger partial charge in [-0.3, -0.25) is 15.2 Å². The number of amidine groups is 1. The molecule has 166 valence electrons. The first-order valence-corrected chi connectivity index (χ1v) is 10.6. The van der Waals surface area contributed by atoms with Gasteiger partial charge in [-0.1, -0.05) is 24.8 Å². The van der Waals surface area contributed by atoms with E-state index in [1.165, 1.54) is 6.20 Å². The third kappa shape index (κ3) is 5.85. The van der Waals surface area contributed by atoms with E-state index in [2.05, 4.69) is 11.9 Å². The van der Waals surface area contributed by atoms with E-state index in [-0.39, 0.29) is 11.8 Å². The fourth-order valence-electron chi connectivity index (χ4n) is 3.60. The molecule has 4 N–H and O–H groups in total. The minimum absolute atomic E-state index is 0.0693. The van der Waals surface area contributed by atoms with E-state index in [1.54, 1.807) is 11.8 Å². The number of amides is 1. The van der Waals surface area contributed by atoms with Gasteiger partial charge in [0.1, 0.15) is 17.3 Å². The van der Waals surface area contributed by atoms with Gasteiger partial charge in [0.25, 0.3) is 0 Å². The number of rotatable bonds is 8. The van der Waals surface area contributed by atoms with Crippen LogP contribution in [0.3, 0.4) is 0 Å². The summed E-state index contributed by atoms with van der Waals surface area (Å²) in [6.07, 6.45) is 4.12. The molecule has 2 aromatic rings. The van der Waals surface area contributed by atoms with E-state index in [0.717, 1.165) is 31.5 Å². The van der Waals surface area contributed by atoms with Gasteiger partial charge >= 0.3 is 0 Å². The summed E-state index contributed by atoms with van der Waals surface area (Å²) in [5.74, 6) is 1.90. The van der Waals surface area contributed by atoms with Gasteiger partial charge in [0, 0.05) is 24.4 Å². The van der Waals surface area contributed by atoms with Crippen LogP contribution in [0, 0.1) is 5.41 Å². The SMILES string of the molecule is C=CNC(=NC1CCCN(C=O)C1)/C(C(=N)c1ccc(Oc2ccccc2)cc1)=C(\C)N. The average molecular weight is 432 g/mol. The summed E-state index contributed by atoms with van der Waals surface area (Å²) >= 11 is 0. The Kier molecular flexibility index (Phi) is 7.80. The number of nitrogens with two attached hydrogens (primary N) is 1. The third-order valence-electron chi connectivity index (χ3n) is 5.13. The number of likely N-dealkylation sites (tertiary alicyclic amines) is 1. The summed E-state index contributed by atoms with van der Waals surface area (Å²) in [4.78, 5) is 17.7. The Hall–Kier alpha value is -3.87. The fraction of sp³-hybridized carbons (Fsp3) is 0.240. The summed E-state index contributed by atoms with van der Waals surface area (Å²) in [5.41, 5.74) is 8.09. The second-order valence-electron chi connectivity index (χ2n) is 7.60. The van der Waals surface area contributed by atoms with Crippen LogP contribution in [0.1, 0.15) is 25.3 Å². The van der Waals surface area contributed by atoms with E-state index in [9.17, 15) is 4.79 Å². The number of nitrogens with zero attached hydrogens (tertiary/aromatic N) is 2. The van der Waals surface area contributed by atoms with Gasteiger partial charge in [0.05, 0.1) is 17.3 Å². The highest BCUT2D eigenvalue weighted by atomic mass is 16.5. The number of ether oxygens (including phenoxy) is 1. The molecule has 7 heteroatoms. The molecule has 1 atom stereocenters. The first kappa shape index (κ1) is 22.8. The molecule has 1 unspecified atom stereocenters. The molecule has 32 heavy (non-hydrogen) atoms. The first-order valence-electron chi connectivity index (χ1n) is 10.6. The Labute approximate surface area is 188 Å². The molecule has 1 aliphatic heterocycles. The van der Waals surface area contributed by atoms with Crippen molar-refractivity contribution in [3.63, 3.8) is 0 Å². The minimum atomic E-state index is -0.0693. The zero-order chi connectivity index (χ0) is 22.9. The maximum atomic E-state index is 11.2. The van der Waals surface area contributed by atoms with E-state index < -0.39 is 0 Å². The lowest BCUT2D eigenvalue weighted by Gasteiger charge is -2.28. The molecule has 1 heterocycles. The van der Waals surface area contributed by atoms with Gasteiger partial charge in [0.15, 0.2) is 0 Å². The lowest BCUT2D eigenvalue weighted by atomic mass is 9.99. The van der Waals surface area contributed by atoms with Crippen molar-refractivity contribution in [1.82, 2.24) is 10.2 Å². The highest BCUT2D eigenvalue weighted by Crippen LogP contribution is 2.23.